The van der Waals surface area contributed by atoms with Crippen LogP contribution in [0, 0.1) is 0 Å². The zero-order chi connectivity index (χ0) is 16.7. The number of nitrogens with one attached hydrogen (secondary N) is 1. The number of aliphatic hydroxyl groups is 1. The molecule has 0 aromatic heterocycles. The number of esters is 1. The normalized spacial score (nSPS) is 23.0. The molecule has 0 aromatic rings. The SMILES string of the molecule is CC(I)(C(=O)OCCC(O)(C(F)(F)F)C(F)(F)F)C1N[I-]1. The molecule has 2 N–H and O–H groups in total. The molecule has 1 aliphatic heterocycles. The van der Waals surface area contributed by atoms with Crippen molar-refractivity contribution in [1.29, 1.82) is 0 Å². The standard InChI is InChI=1S/C9H10F6I2NO3/c1-6(16,4-17-18-4)5(19)21-3-2-7(20,8(10,11)12)9(13,14)15/h4,18,20H,2-3H2,1H3/q-1. The van der Waals surface area contributed by atoms with Gasteiger partial charge in [0.15, 0.2) is 0 Å². The van der Waals surface area contributed by atoms with Crippen molar-refractivity contribution in [2.24, 2.45) is 0 Å². The van der Waals surface area contributed by atoms with Gasteiger partial charge in [0.1, 0.15) is 0 Å². The quantitative estimate of drug-likeness (QED) is 0.0873. The van der Waals surface area contributed by atoms with Gasteiger partial charge in [0, 0.05) is 0 Å². The van der Waals surface area contributed by atoms with Gasteiger partial charge in [0.2, 0.25) is 0 Å². The van der Waals surface area contributed by atoms with Crippen LogP contribution in [0.15, 0.2) is 0 Å². The fraction of sp³-hybridized carbons (Fsp3) is 0.889. The summed E-state index contributed by atoms with van der Waals surface area (Å²) in [6.07, 6.45) is -13.6. The second-order valence-corrected chi connectivity index (χ2v) is 9.13. The van der Waals surface area contributed by atoms with Crippen molar-refractivity contribution < 1.29 is 62.5 Å². The van der Waals surface area contributed by atoms with Crippen molar-refractivity contribution >= 4 is 28.6 Å². The summed E-state index contributed by atoms with van der Waals surface area (Å²) in [6.45, 7) is 0.290. The summed E-state index contributed by atoms with van der Waals surface area (Å²) in [6, 6.07) is 0. The molecule has 0 aromatic carbocycles. The van der Waals surface area contributed by atoms with Crippen LogP contribution in [-0.4, -0.2) is 43.1 Å². The monoisotopic (exact) mass is 548 g/mol. The zero-order valence-electron chi connectivity index (χ0n) is 10.3. The van der Waals surface area contributed by atoms with Gasteiger partial charge in [-0.05, 0) is 0 Å². The van der Waals surface area contributed by atoms with Gasteiger partial charge in [-0.1, -0.05) is 0 Å². The number of ether oxygens (including phenoxy) is 1. The Morgan fingerprint density at radius 3 is 2.05 bits per heavy atom. The topological polar surface area (TPSA) is 68.5 Å². The molecule has 2 atom stereocenters. The van der Waals surface area contributed by atoms with Gasteiger partial charge < -0.3 is 0 Å². The Bertz CT molecular complexity index is 393. The fourth-order valence-corrected chi connectivity index (χ4v) is 4.56. The van der Waals surface area contributed by atoms with Crippen molar-refractivity contribution in [3.05, 3.63) is 0 Å². The Labute approximate surface area is 139 Å². The Hall–Kier alpha value is 0.430. The summed E-state index contributed by atoms with van der Waals surface area (Å²) in [5.41, 5.74) is -4.90. The third-order valence-electron chi connectivity index (χ3n) is 2.73. The van der Waals surface area contributed by atoms with Gasteiger partial charge >= 0.3 is 140 Å². The van der Waals surface area contributed by atoms with Crippen molar-refractivity contribution in [2.45, 2.75) is 38.8 Å². The first-order valence-corrected chi connectivity index (χ1v) is 8.73. The van der Waals surface area contributed by atoms with Crippen LogP contribution in [0.25, 0.3) is 0 Å². The molecule has 0 aliphatic carbocycles. The Morgan fingerprint density at radius 2 is 1.71 bits per heavy atom. The summed E-state index contributed by atoms with van der Waals surface area (Å²) in [5.74, 6) is -0.913. The predicted molar refractivity (Wildman–Crippen MR) is 62.0 cm³/mol. The summed E-state index contributed by atoms with van der Waals surface area (Å²) in [5, 5.41) is 8.87. The molecular formula is C9H10F6I2NO3-. The second-order valence-electron chi connectivity index (χ2n) is 4.40. The van der Waals surface area contributed by atoms with E-state index >= 15 is 0 Å². The Balaban J connectivity index is 2.65. The summed E-state index contributed by atoms with van der Waals surface area (Å²) < 4.78 is 80.5. The number of halogens is 8. The van der Waals surface area contributed by atoms with Crippen LogP contribution in [0.3, 0.4) is 0 Å². The predicted octanol–water partition coefficient (Wildman–Crippen LogP) is -1.10. The molecule has 1 saturated heterocycles. The average Bonchev–Trinajstić information content (AvgIpc) is 3.09. The Morgan fingerprint density at radius 1 is 1.29 bits per heavy atom. The molecule has 21 heavy (non-hydrogen) atoms. The molecule has 0 bridgehead atoms. The van der Waals surface area contributed by atoms with Gasteiger partial charge in [-0.15, -0.1) is 0 Å². The van der Waals surface area contributed by atoms with Gasteiger partial charge in [-0.3, -0.25) is 0 Å². The van der Waals surface area contributed by atoms with Crippen molar-refractivity contribution in [1.82, 2.24) is 3.53 Å². The summed E-state index contributed by atoms with van der Waals surface area (Å²) in [7, 11) is 0. The molecule has 1 rings (SSSR count). The first-order chi connectivity index (χ1) is 9.23. The first-order valence-electron chi connectivity index (χ1n) is 5.33. The molecule has 1 heterocycles. The minimum atomic E-state index is -5.91. The van der Waals surface area contributed by atoms with E-state index in [2.05, 4.69) is 8.27 Å². The van der Waals surface area contributed by atoms with Crippen LogP contribution < -0.4 is 25.0 Å². The number of alkyl halides is 8. The van der Waals surface area contributed by atoms with E-state index in [1.54, 1.807) is 22.6 Å². The Kier molecular flexibility index (Phi) is 5.70. The van der Waals surface area contributed by atoms with Crippen LogP contribution in [0.5, 0.6) is 0 Å². The van der Waals surface area contributed by atoms with Crippen LogP contribution in [-0.2, 0) is 9.53 Å². The maximum atomic E-state index is 12.4. The molecular weight excluding hydrogens is 538 g/mol. The van der Waals surface area contributed by atoms with Crippen LogP contribution in [0.4, 0.5) is 26.3 Å². The van der Waals surface area contributed by atoms with E-state index in [1.165, 1.54) is 6.92 Å². The molecule has 4 nitrogen and oxygen atoms in total. The maximum absolute atomic E-state index is 12.4. The van der Waals surface area contributed by atoms with Crippen molar-refractivity contribution in [2.75, 3.05) is 6.61 Å². The van der Waals surface area contributed by atoms with E-state index in [4.69, 9.17) is 5.11 Å². The summed E-state index contributed by atoms with van der Waals surface area (Å²) in [4.78, 5) is 11.6. The fourth-order valence-electron chi connectivity index (χ4n) is 1.22. The van der Waals surface area contributed by atoms with E-state index < -0.39 is 61.9 Å². The molecule has 0 amide bonds. The van der Waals surface area contributed by atoms with Gasteiger partial charge in [-0.25, -0.2) is 0 Å². The molecule has 12 heteroatoms. The average molecular weight is 548 g/mol. The summed E-state index contributed by atoms with van der Waals surface area (Å²) >= 11 is 1.34. The van der Waals surface area contributed by atoms with E-state index in [0.717, 1.165) is 0 Å². The number of carbonyl (C=O) groups excluding carboxylic acids is 1. The molecule has 0 spiro atoms. The molecule has 0 saturated carbocycles. The van der Waals surface area contributed by atoms with Crippen molar-refractivity contribution in [3.63, 3.8) is 0 Å². The molecule has 2 unspecified atom stereocenters. The van der Waals surface area contributed by atoms with E-state index in [0.29, 0.717) is 0 Å². The van der Waals surface area contributed by atoms with Gasteiger partial charge in [0.05, 0.1) is 0 Å². The van der Waals surface area contributed by atoms with E-state index in [-0.39, 0.29) is 4.05 Å². The third kappa shape index (κ3) is 4.25. The number of hydrogen-bond donors (Lipinski definition) is 2. The second kappa shape index (κ2) is 6.14. The minimum absolute atomic E-state index is 0.131. The molecule has 1 aliphatic rings. The third-order valence-corrected chi connectivity index (χ3v) is 7.47. The van der Waals surface area contributed by atoms with E-state index in [1.807, 2.05) is 0 Å². The van der Waals surface area contributed by atoms with Crippen LogP contribution >= 0.6 is 22.6 Å². The van der Waals surface area contributed by atoms with Crippen LogP contribution in [0.1, 0.15) is 13.3 Å². The molecule has 0 radical (unpaired) electrons. The number of hydrogen-bond acceptors (Lipinski definition) is 4. The number of rotatable bonds is 5. The number of carbonyl (C=O) groups is 1. The van der Waals surface area contributed by atoms with E-state index in [9.17, 15) is 31.1 Å². The zero-order valence-corrected chi connectivity index (χ0v) is 14.6. The van der Waals surface area contributed by atoms with Crippen molar-refractivity contribution in [3.8, 4) is 0 Å². The molecule has 126 valence electrons. The molecule has 1 fully saturated rings. The van der Waals surface area contributed by atoms with Gasteiger partial charge in [-0.2, -0.15) is 0 Å². The first kappa shape index (κ1) is 19.5. The van der Waals surface area contributed by atoms with Crippen LogP contribution in [0.2, 0.25) is 0 Å². The van der Waals surface area contributed by atoms with Gasteiger partial charge in [0.25, 0.3) is 0 Å².